The number of halogens is 1. The highest BCUT2D eigenvalue weighted by Gasteiger charge is 2.49. The van der Waals surface area contributed by atoms with Gasteiger partial charge in [-0.1, -0.05) is 11.6 Å². The number of rotatable bonds is 2. The molecule has 2 fully saturated rings. The minimum Gasteiger partial charge on any atom is -0.495 e. The molecule has 0 aromatic heterocycles. The van der Waals surface area contributed by atoms with Gasteiger partial charge in [-0.05, 0) is 45.4 Å². The number of carbonyl (C=O) groups is 1. The van der Waals surface area contributed by atoms with E-state index in [4.69, 9.17) is 16.3 Å². The van der Waals surface area contributed by atoms with E-state index >= 15 is 0 Å². The van der Waals surface area contributed by atoms with Crippen LogP contribution in [0.3, 0.4) is 0 Å². The standard InChI is InChI=1S/C17H23ClN2O2/c1-17(2,3)19-9-12-8-13(10-19)20(12)16(21)11-5-6-15(22-4)14(18)7-11/h5-7,12-13H,8-10H2,1-4H3. The molecule has 22 heavy (non-hydrogen) atoms. The van der Waals surface area contributed by atoms with Crippen LogP contribution in [-0.4, -0.2) is 53.5 Å². The number of hydrogen-bond donors (Lipinski definition) is 0. The molecule has 1 aromatic carbocycles. The number of benzene rings is 1. The number of carbonyl (C=O) groups excluding carboxylic acids is 1. The molecule has 0 spiro atoms. The van der Waals surface area contributed by atoms with Crippen LogP contribution in [0.15, 0.2) is 18.2 Å². The average molecular weight is 323 g/mol. The monoisotopic (exact) mass is 322 g/mol. The van der Waals surface area contributed by atoms with Gasteiger partial charge in [-0.15, -0.1) is 0 Å². The lowest BCUT2D eigenvalue weighted by Crippen LogP contribution is -2.72. The highest BCUT2D eigenvalue weighted by atomic mass is 35.5. The molecule has 0 saturated carbocycles. The van der Waals surface area contributed by atoms with Gasteiger partial charge >= 0.3 is 0 Å². The van der Waals surface area contributed by atoms with Crippen LogP contribution in [0.5, 0.6) is 5.75 Å². The maximum absolute atomic E-state index is 12.8. The second-order valence-corrected chi connectivity index (χ2v) is 7.59. The van der Waals surface area contributed by atoms with E-state index in [9.17, 15) is 4.79 Å². The topological polar surface area (TPSA) is 32.8 Å². The van der Waals surface area contributed by atoms with E-state index in [1.54, 1.807) is 25.3 Å². The van der Waals surface area contributed by atoms with Crippen molar-refractivity contribution < 1.29 is 9.53 Å². The third-order valence-corrected chi connectivity index (χ3v) is 5.07. The van der Waals surface area contributed by atoms with Gasteiger partial charge in [-0.3, -0.25) is 9.69 Å². The third-order valence-electron chi connectivity index (χ3n) is 4.78. The SMILES string of the molecule is COc1ccc(C(=O)N2C3CC2CN(C(C)(C)C)C3)cc1Cl. The Balaban J connectivity index is 1.74. The number of amides is 1. The van der Waals surface area contributed by atoms with Gasteiger partial charge < -0.3 is 9.64 Å². The lowest BCUT2D eigenvalue weighted by atomic mass is 9.84. The van der Waals surface area contributed by atoms with Crippen molar-refractivity contribution in [1.82, 2.24) is 9.80 Å². The Kier molecular flexibility index (Phi) is 3.86. The lowest BCUT2D eigenvalue weighted by molar-refractivity contribution is -0.0736. The summed E-state index contributed by atoms with van der Waals surface area (Å²) in [6.07, 6.45) is 1.11. The van der Waals surface area contributed by atoms with Crippen LogP contribution in [-0.2, 0) is 0 Å². The zero-order valence-corrected chi connectivity index (χ0v) is 14.4. The zero-order chi connectivity index (χ0) is 16.1. The fourth-order valence-electron chi connectivity index (χ4n) is 3.44. The highest BCUT2D eigenvalue weighted by molar-refractivity contribution is 6.32. The molecule has 1 amide bonds. The van der Waals surface area contributed by atoms with Crippen LogP contribution in [0.25, 0.3) is 0 Å². The first-order valence-corrected chi connectivity index (χ1v) is 8.10. The van der Waals surface area contributed by atoms with Gasteiger partial charge in [0.25, 0.3) is 5.91 Å². The van der Waals surface area contributed by atoms with Crippen molar-refractivity contribution in [2.45, 2.75) is 44.8 Å². The Labute approximate surface area is 137 Å². The van der Waals surface area contributed by atoms with Gasteiger partial charge in [0.05, 0.1) is 12.1 Å². The zero-order valence-electron chi connectivity index (χ0n) is 13.6. The molecule has 5 heteroatoms. The summed E-state index contributed by atoms with van der Waals surface area (Å²) >= 11 is 6.14. The summed E-state index contributed by atoms with van der Waals surface area (Å²) in [5.41, 5.74) is 0.805. The van der Waals surface area contributed by atoms with Crippen LogP contribution in [0, 0.1) is 0 Å². The molecule has 2 saturated heterocycles. The van der Waals surface area contributed by atoms with Crippen molar-refractivity contribution in [2.24, 2.45) is 0 Å². The van der Waals surface area contributed by atoms with Gasteiger partial charge in [0.2, 0.25) is 0 Å². The smallest absolute Gasteiger partial charge is 0.254 e. The van der Waals surface area contributed by atoms with Crippen molar-refractivity contribution in [3.8, 4) is 5.75 Å². The lowest BCUT2D eigenvalue weighted by Gasteiger charge is -2.59. The van der Waals surface area contributed by atoms with Gasteiger partial charge in [0.15, 0.2) is 0 Å². The first-order chi connectivity index (χ1) is 10.3. The van der Waals surface area contributed by atoms with Gasteiger partial charge in [0.1, 0.15) is 5.75 Å². The van der Waals surface area contributed by atoms with Crippen molar-refractivity contribution in [3.63, 3.8) is 0 Å². The molecule has 1 aromatic rings. The predicted octanol–water partition coefficient (Wildman–Crippen LogP) is 3.05. The largest absolute Gasteiger partial charge is 0.495 e. The molecular weight excluding hydrogens is 300 g/mol. The predicted molar refractivity (Wildman–Crippen MR) is 87.7 cm³/mol. The van der Waals surface area contributed by atoms with Gasteiger partial charge in [-0.25, -0.2) is 0 Å². The number of piperidine rings is 1. The first kappa shape index (κ1) is 15.6. The van der Waals surface area contributed by atoms with Crippen molar-refractivity contribution >= 4 is 17.5 Å². The molecule has 0 radical (unpaired) electrons. The number of likely N-dealkylation sites (tertiary alicyclic amines) is 2. The quantitative estimate of drug-likeness (QED) is 0.839. The van der Waals surface area contributed by atoms with E-state index in [1.807, 2.05) is 4.90 Å². The Bertz CT molecular complexity index is 585. The number of hydrogen-bond acceptors (Lipinski definition) is 3. The summed E-state index contributed by atoms with van der Waals surface area (Å²) in [4.78, 5) is 17.3. The van der Waals surface area contributed by atoms with E-state index in [-0.39, 0.29) is 11.4 Å². The van der Waals surface area contributed by atoms with E-state index in [1.165, 1.54) is 0 Å². The molecule has 2 bridgehead atoms. The second kappa shape index (κ2) is 5.43. The molecule has 0 N–H and O–H groups in total. The molecule has 120 valence electrons. The van der Waals surface area contributed by atoms with Crippen LogP contribution in [0.4, 0.5) is 0 Å². The van der Waals surface area contributed by atoms with Crippen LogP contribution in [0.1, 0.15) is 37.6 Å². The molecule has 0 aliphatic carbocycles. The number of methoxy groups -OCH3 is 1. The number of piperazine rings is 1. The maximum atomic E-state index is 12.8. The van der Waals surface area contributed by atoms with E-state index in [0.717, 1.165) is 19.5 Å². The third kappa shape index (κ3) is 2.59. The maximum Gasteiger partial charge on any atom is 0.254 e. The Hall–Kier alpha value is -1.26. The van der Waals surface area contributed by atoms with Crippen LogP contribution >= 0.6 is 11.6 Å². The van der Waals surface area contributed by atoms with Crippen molar-refractivity contribution in [1.29, 1.82) is 0 Å². The summed E-state index contributed by atoms with van der Waals surface area (Å²) in [5.74, 6) is 0.681. The van der Waals surface area contributed by atoms with E-state index in [2.05, 4.69) is 25.7 Å². The fourth-order valence-corrected chi connectivity index (χ4v) is 3.70. The Morgan fingerprint density at radius 1 is 1.27 bits per heavy atom. The normalized spacial score (nSPS) is 24.9. The van der Waals surface area contributed by atoms with Crippen LogP contribution < -0.4 is 4.74 Å². The Morgan fingerprint density at radius 3 is 2.41 bits per heavy atom. The molecule has 2 unspecified atom stereocenters. The average Bonchev–Trinajstić information content (AvgIpc) is 2.46. The summed E-state index contributed by atoms with van der Waals surface area (Å²) in [6.45, 7) is 8.60. The number of ether oxygens (including phenoxy) is 1. The molecule has 2 heterocycles. The molecule has 3 rings (SSSR count). The second-order valence-electron chi connectivity index (χ2n) is 7.18. The van der Waals surface area contributed by atoms with Crippen molar-refractivity contribution in [2.75, 3.05) is 20.2 Å². The van der Waals surface area contributed by atoms with Gasteiger partial charge in [-0.2, -0.15) is 0 Å². The molecule has 2 aliphatic rings. The summed E-state index contributed by atoms with van der Waals surface area (Å²) in [5, 5.41) is 0.482. The van der Waals surface area contributed by atoms with Crippen molar-refractivity contribution in [3.05, 3.63) is 28.8 Å². The summed E-state index contributed by atoms with van der Waals surface area (Å²) < 4.78 is 5.14. The molecule has 4 nitrogen and oxygen atoms in total. The first-order valence-electron chi connectivity index (χ1n) is 7.72. The van der Waals surface area contributed by atoms with E-state index in [0.29, 0.717) is 28.4 Å². The molecule has 2 atom stereocenters. The number of fused-ring (bicyclic) bond motifs is 2. The summed E-state index contributed by atoms with van der Waals surface area (Å²) in [6, 6.07) is 5.91. The minimum absolute atomic E-state index is 0.0827. The number of nitrogens with zero attached hydrogens (tertiary/aromatic N) is 2. The Morgan fingerprint density at radius 2 is 1.91 bits per heavy atom. The van der Waals surface area contributed by atoms with Crippen LogP contribution in [0.2, 0.25) is 5.02 Å². The van der Waals surface area contributed by atoms with Gasteiger partial charge in [0, 0.05) is 36.3 Å². The fraction of sp³-hybridized carbons (Fsp3) is 0.588. The molecule has 2 aliphatic heterocycles. The minimum atomic E-state index is 0.0827. The summed E-state index contributed by atoms with van der Waals surface area (Å²) in [7, 11) is 1.57. The highest BCUT2D eigenvalue weighted by Crippen LogP contribution is 2.37. The molecular formula is C17H23ClN2O2. The van der Waals surface area contributed by atoms with E-state index < -0.39 is 0 Å².